The van der Waals surface area contributed by atoms with Crippen molar-refractivity contribution in [3.63, 3.8) is 0 Å². The first kappa shape index (κ1) is 24.1. The lowest BCUT2D eigenvalue weighted by Gasteiger charge is -2.11. The summed E-state index contributed by atoms with van der Waals surface area (Å²) in [5.41, 5.74) is 4.76. The summed E-state index contributed by atoms with van der Waals surface area (Å²) in [7, 11) is 4.17. The van der Waals surface area contributed by atoms with Gasteiger partial charge in [-0.2, -0.15) is 11.8 Å². The van der Waals surface area contributed by atoms with Gasteiger partial charge in [0.2, 0.25) is 5.95 Å². The molecule has 0 radical (unpaired) electrons. The molecule has 3 rings (SSSR count). The number of H-pyrrole nitrogens is 1. The van der Waals surface area contributed by atoms with Gasteiger partial charge in [-0.1, -0.05) is 54.6 Å². The molecule has 6 heteroatoms. The number of benzene rings is 2. The molecule has 2 N–H and O–H groups in total. The molecule has 0 unspecified atom stereocenters. The van der Waals surface area contributed by atoms with E-state index in [1.807, 2.05) is 17.8 Å². The van der Waals surface area contributed by atoms with Gasteiger partial charge in [0.1, 0.15) is 0 Å². The minimum Gasteiger partial charge on any atom is -0.355 e. The van der Waals surface area contributed by atoms with Crippen LogP contribution in [0.15, 0.2) is 65.6 Å². The summed E-state index contributed by atoms with van der Waals surface area (Å²) in [5.74, 6) is 2.48. The number of nitrogens with zero attached hydrogens (tertiary/aromatic N) is 2. The second-order valence-electron chi connectivity index (χ2n) is 8.32. The maximum Gasteiger partial charge on any atom is 0.255 e. The Balaban J connectivity index is 1.34. The molecule has 0 atom stereocenters. The van der Waals surface area contributed by atoms with Crippen LogP contribution in [0.4, 0.5) is 5.95 Å². The summed E-state index contributed by atoms with van der Waals surface area (Å²) in [6.07, 6.45) is 5.58. The van der Waals surface area contributed by atoms with Gasteiger partial charge in [-0.25, -0.2) is 4.98 Å². The van der Waals surface area contributed by atoms with Crippen molar-refractivity contribution in [1.29, 1.82) is 0 Å². The highest BCUT2D eigenvalue weighted by Gasteiger charge is 2.04. The SMILES string of the molecule is CN(C)Cc1cccc(CSCCNc2ncc(CCCCc3ccccc3)c(=O)[nH]2)c1. The van der Waals surface area contributed by atoms with E-state index in [2.05, 4.69) is 82.8 Å². The van der Waals surface area contributed by atoms with Crippen LogP contribution >= 0.6 is 11.8 Å². The summed E-state index contributed by atoms with van der Waals surface area (Å²) in [6, 6.07) is 19.2. The second kappa shape index (κ2) is 13.1. The van der Waals surface area contributed by atoms with Crippen LogP contribution in [0.25, 0.3) is 0 Å². The number of nitrogens with one attached hydrogen (secondary N) is 2. The molecule has 0 aliphatic heterocycles. The minimum absolute atomic E-state index is 0.0347. The van der Waals surface area contributed by atoms with Gasteiger partial charge in [0, 0.05) is 36.4 Å². The molecular formula is C26H34N4OS. The molecule has 32 heavy (non-hydrogen) atoms. The number of aromatic amines is 1. The molecule has 0 amide bonds. The van der Waals surface area contributed by atoms with E-state index in [-0.39, 0.29) is 5.56 Å². The molecule has 0 fully saturated rings. The zero-order valence-electron chi connectivity index (χ0n) is 19.1. The Hall–Kier alpha value is -2.57. The van der Waals surface area contributed by atoms with Gasteiger partial charge >= 0.3 is 0 Å². The summed E-state index contributed by atoms with van der Waals surface area (Å²) >= 11 is 1.88. The third-order valence-corrected chi connectivity index (χ3v) is 6.21. The zero-order chi connectivity index (χ0) is 22.6. The van der Waals surface area contributed by atoms with Crippen molar-refractivity contribution in [2.75, 3.05) is 31.7 Å². The molecular weight excluding hydrogens is 416 g/mol. The van der Waals surface area contributed by atoms with Crippen LogP contribution in [0.3, 0.4) is 0 Å². The fourth-order valence-electron chi connectivity index (χ4n) is 3.59. The first-order chi connectivity index (χ1) is 15.6. The number of aromatic nitrogens is 2. The highest BCUT2D eigenvalue weighted by atomic mass is 32.2. The van der Waals surface area contributed by atoms with Gasteiger partial charge in [-0.15, -0.1) is 0 Å². The molecule has 0 aliphatic rings. The van der Waals surface area contributed by atoms with Crippen molar-refractivity contribution in [3.05, 3.63) is 93.4 Å². The fraction of sp³-hybridized carbons (Fsp3) is 0.385. The lowest BCUT2D eigenvalue weighted by Crippen LogP contribution is -2.18. The first-order valence-electron chi connectivity index (χ1n) is 11.3. The maximum atomic E-state index is 12.3. The normalized spacial score (nSPS) is 11.1. The number of anilines is 1. The van der Waals surface area contributed by atoms with Crippen LogP contribution < -0.4 is 10.9 Å². The highest BCUT2D eigenvalue weighted by molar-refractivity contribution is 7.98. The maximum absolute atomic E-state index is 12.3. The van der Waals surface area contributed by atoms with Crippen LogP contribution in [-0.4, -0.2) is 41.3 Å². The number of rotatable bonds is 13. The summed E-state index contributed by atoms with van der Waals surface area (Å²) < 4.78 is 0. The Kier molecular flexibility index (Phi) is 9.85. The molecule has 2 aromatic carbocycles. The van der Waals surface area contributed by atoms with Gasteiger partial charge < -0.3 is 10.2 Å². The van der Waals surface area contributed by atoms with E-state index in [4.69, 9.17) is 0 Å². The molecule has 1 aromatic heterocycles. The van der Waals surface area contributed by atoms with Crippen LogP contribution in [-0.2, 0) is 25.1 Å². The quantitative estimate of drug-likeness (QED) is 0.368. The third-order valence-electron chi connectivity index (χ3n) is 5.18. The predicted octanol–water partition coefficient (Wildman–Crippen LogP) is 4.74. The minimum atomic E-state index is -0.0347. The standard InChI is InChI=1S/C26H34N4OS/c1-30(2)19-22-12-8-13-23(17-22)20-32-16-15-27-26-28-18-24(25(31)29-26)14-7-6-11-21-9-4-3-5-10-21/h3-5,8-10,12-13,17-18H,6-7,11,14-16,19-20H2,1-2H3,(H2,27,28,29,31). The Morgan fingerprint density at radius 2 is 1.72 bits per heavy atom. The highest BCUT2D eigenvalue weighted by Crippen LogP contribution is 2.14. The molecule has 0 aliphatic carbocycles. The van der Waals surface area contributed by atoms with Gasteiger partial charge in [0.25, 0.3) is 5.56 Å². The van der Waals surface area contributed by atoms with Crippen molar-refractivity contribution in [2.24, 2.45) is 0 Å². The van der Waals surface area contributed by atoms with Gasteiger partial charge in [0.15, 0.2) is 0 Å². The Morgan fingerprint density at radius 1 is 0.969 bits per heavy atom. The number of aryl methyl sites for hydroxylation is 2. The van der Waals surface area contributed by atoms with E-state index >= 15 is 0 Å². The molecule has 5 nitrogen and oxygen atoms in total. The van der Waals surface area contributed by atoms with E-state index in [9.17, 15) is 4.79 Å². The van der Waals surface area contributed by atoms with Crippen molar-refractivity contribution in [3.8, 4) is 0 Å². The van der Waals surface area contributed by atoms with E-state index in [0.29, 0.717) is 5.95 Å². The van der Waals surface area contributed by atoms with Crippen LogP contribution in [0, 0.1) is 0 Å². The van der Waals surface area contributed by atoms with Crippen LogP contribution in [0.1, 0.15) is 35.1 Å². The van der Waals surface area contributed by atoms with Gasteiger partial charge in [0.05, 0.1) is 0 Å². The summed E-state index contributed by atoms with van der Waals surface area (Å²) in [6.45, 7) is 1.73. The average Bonchev–Trinajstić information content (AvgIpc) is 2.78. The zero-order valence-corrected chi connectivity index (χ0v) is 20.0. The van der Waals surface area contributed by atoms with Crippen molar-refractivity contribution >= 4 is 17.7 Å². The summed E-state index contributed by atoms with van der Waals surface area (Å²) in [4.78, 5) is 21.8. The largest absolute Gasteiger partial charge is 0.355 e. The number of hydrogen-bond acceptors (Lipinski definition) is 5. The fourth-order valence-corrected chi connectivity index (χ4v) is 4.40. The Morgan fingerprint density at radius 3 is 2.50 bits per heavy atom. The van der Waals surface area contributed by atoms with Crippen molar-refractivity contribution in [2.45, 2.75) is 38.0 Å². The first-order valence-corrected chi connectivity index (χ1v) is 12.4. The van der Waals surface area contributed by atoms with E-state index in [1.54, 1.807) is 6.20 Å². The summed E-state index contributed by atoms with van der Waals surface area (Å²) in [5, 5.41) is 3.23. The Bertz CT molecular complexity index is 1000. The molecule has 170 valence electrons. The lowest BCUT2D eigenvalue weighted by molar-refractivity contribution is 0.402. The van der Waals surface area contributed by atoms with E-state index in [1.165, 1.54) is 16.7 Å². The topological polar surface area (TPSA) is 61.0 Å². The van der Waals surface area contributed by atoms with Crippen LogP contribution in [0.2, 0.25) is 0 Å². The average molecular weight is 451 g/mol. The molecule has 1 heterocycles. The molecule has 3 aromatic rings. The monoisotopic (exact) mass is 450 g/mol. The van der Waals surface area contributed by atoms with Crippen LogP contribution in [0.5, 0.6) is 0 Å². The van der Waals surface area contributed by atoms with Gasteiger partial charge in [-0.3, -0.25) is 9.78 Å². The van der Waals surface area contributed by atoms with Crippen molar-refractivity contribution < 1.29 is 0 Å². The molecule has 0 saturated carbocycles. The third kappa shape index (κ3) is 8.52. The molecule has 0 bridgehead atoms. The Labute approximate surface area is 195 Å². The number of thioether (sulfide) groups is 1. The predicted molar refractivity (Wildman–Crippen MR) is 136 cm³/mol. The number of unbranched alkanes of at least 4 members (excludes halogenated alkanes) is 1. The van der Waals surface area contributed by atoms with Gasteiger partial charge in [-0.05, 0) is 56.5 Å². The number of hydrogen-bond donors (Lipinski definition) is 2. The molecule has 0 saturated heterocycles. The van der Waals surface area contributed by atoms with E-state index < -0.39 is 0 Å². The lowest BCUT2D eigenvalue weighted by atomic mass is 10.1. The second-order valence-corrected chi connectivity index (χ2v) is 9.42. The van der Waals surface area contributed by atoms with E-state index in [0.717, 1.165) is 55.8 Å². The van der Waals surface area contributed by atoms with Crippen molar-refractivity contribution in [1.82, 2.24) is 14.9 Å². The smallest absolute Gasteiger partial charge is 0.255 e. The molecule has 0 spiro atoms.